The molecule has 0 aliphatic carbocycles. The standard InChI is InChI=1S/C12H20N5O2/c13-4-2-1-3-11(14)12(19)17-10(7-18)5-9-6-15-8-16-9/h6,8,10-11H,1-5,13-14H2,(H,15,16)(H,17,19)/t10-,11-/m0/s1. The van der Waals surface area contributed by atoms with Gasteiger partial charge in [0, 0.05) is 12.6 Å². The second-order valence-electron chi connectivity index (χ2n) is 4.33. The lowest BCUT2D eigenvalue weighted by molar-refractivity contribution is -0.122. The molecule has 0 bridgehead atoms. The van der Waals surface area contributed by atoms with Crippen LogP contribution >= 0.6 is 0 Å². The van der Waals surface area contributed by atoms with Crippen molar-refractivity contribution in [1.82, 2.24) is 15.3 Å². The van der Waals surface area contributed by atoms with E-state index in [4.69, 9.17) is 11.5 Å². The third-order valence-electron chi connectivity index (χ3n) is 2.73. The Labute approximate surface area is 112 Å². The number of nitrogens with two attached hydrogens (primary N) is 2. The molecule has 0 saturated carbocycles. The Balaban J connectivity index is 2.37. The van der Waals surface area contributed by atoms with Crippen LogP contribution in [0.3, 0.4) is 0 Å². The van der Waals surface area contributed by atoms with Gasteiger partial charge in [0.1, 0.15) is 6.04 Å². The number of hydrogen-bond donors (Lipinski definition) is 4. The molecule has 0 aromatic carbocycles. The van der Waals surface area contributed by atoms with E-state index in [1.807, 2.05) is 0 Å². The molecular formula is C12H20N5O2. The first-order chi connectivity index (χ1) is 9.17. The summed E-state index contributed by atoms with van der Waals surface area (Å²) >= 11 is 0. The molecule has 0 aliphatic rings. The zero-order valence-electron chi connectivity index (χ0n) is 10.8. The number of carbonyl (C=O) groups is 1. The van der Waals surface area contributed by atoms with E-state index in [0.29, 0.717) is 25.1 Å². The predicted octanol–water partition coefficient (Wildman–Crippen LogP) is -0.997. The van der Waals surface area contributed by atoms with Gasteiger partial charge in [-0.15, -0.1) is 0 Å². The Kier molecular flexibility index (Phi) is 6.76. The summed E-state index contributed by atoms with van der Waals surface area (Å²) in [4.78, 5) is 29.3. The van der Waals surface area contributed by atoms with E-state index in [1.165, 1.54) is 6.33 Å². The summed E-state index contributed by atoms with van der Waals surface area (Å²) in [5.41, 5.74) is 11.8. The van der Waals surface area contributed by atoms with Crippen molar-refractivity contribution >= 4 is 12.2 Å². The van der Waals surface area contributed by atoms with Crippen LogP contribution in [-0.2, 0) is 16.0 Å². The van der Waals surface area contributed by atoms with Gasteiger partial charge in [-0.05, 0) is 19.4 Å². The van der Waals surface area contributed by atoms with Crippen LogP contribution in [0.25, 0.3) is 0 Å². The molecule has 0 aliphatic heterocycles. The maximum atomic E-state index is 11.8. The number of aromatic nitrogens is 2. The number of nitrogens with one attached hydrogen (secondary N) is 2. The molecule has 0 saturated heterocycles. The van der Waals surface area contributed by atoms with Gasteiger partial charge in [0.25, 0.3) is 0 Å². The summed E-state index contributed by atoms with van der Waals surface area (Å²) in [6.07, 6.45) is 7.43. The van der Waals surface area contributed by atoms with Gasteiger partial charge in [0.05, 0.1) is 18.1 Å². The second kappa shape index (κ2) is 8.39. The zero-order chi connectivity index (χ0) is 14.1. The summed E-state index contributed by atoms with van der Waals surface area (Å²) in [5, 5.41) is 2.56. The molecule has 1 aromatic rings. The first-order valence-corrected chi connectivity index (χ1v) is 6.28. The largest absolute Gasteiger partial charge is 0.351 e. The molecule has 7 heteroatoms. The highest BCUT2D eigenvalue weighted by Gasteiger charge is 2.18. The molecule has 1 heterocycles. The highest BCUT2D eigenvalue weighted by molar-refractivity contribution is 5.84. The highest BCUT2D eigenvalue weighted by atomic mass is 16.2. The first-order valence-electron chi connectivity index (χ1n) is 6.28. The molecule has 6 N–H and O–H groups in total. The maximum Gasteiger partial charge on any atom is 0.237 e. The van der Waals surface area contributed by atoms with E-state index in [9.17, 15) is 9.59 Å². The maximum absolute atomic E-state index is 11.8. The highest BCUT2D eigenvalue weighted by Crippen LogP contribution is 2.00. The van der Waals surface area contributed by atoms with Crippen molar-refractivity contribution in [3.63, 3.8) is 0 Å². The second-order valence-corrected chi connectivity index (χ2v) is 4.33. The lowest BCUT2D eigenvalue weighted by Crippen LogP contribution is -2.46. The van der Waals surface area contributed by atoms with Crippen LogP contribution in [0.2, 0.25) is 0 Å². The Hall–Kier alpha value is -1.73. The van der Waals surface area contributed by atoms with Crippen LogP contribution in [0.1, 0.15) is 25.0 Å². The summed E-state index contributed by atoms with van der Waals surface area (Å²) in [6, 6.07) is -1.35. The van der Waals surface area contributed by atoms with Crippen molar-refractivity contribution < 1.29 is 9.59 Å². The van der Waals surface area contributed by atoms with Crippen molar-refractivity contribution in [1.29, 1.82) is 0 Å². The SMILES string of the molecule is NCCCC[C@H](N)C(=O)N[C@H]([C]=O)Cc1c[nH]cn1. The number of unbranched alkanes of at least 4 members (excludes halogenated alkanes) is 1. The molecule has 19 heavy (non-hydrogen) atoms. The van der Waals surface area contributed by atoms with Gasteiger partial charge in [-0.1, -0.05) is 6.42 Å². The van der Waals surface area contributed by atoms with Gasteiger partial charge in [-0.2, -0.15) is 0 Å². The fourth-order valence-electron chi connectivity index (χ4n) is 1.65. The molecule has 1 amide bonds. The monoisotopic (exact) mass is 266 g/mol. The Morgan fingerprint density at radius 1 is 1.53 bits per heavy atom. The van der Waals surface area contributed by atoms with Crippen molar-refractivity contribution in [2.75, 3.05) is 6.54 Å². The van der Waals surface area contributed by atoms with Crippen molar-refractivity contribution in [2.24, 2.45) is 11.5 Å². The smallest absolute Gasteiger partial charge is 0.237 e. The zero-order valence-corrected chi connectivity index (χ0v) is 10.8. The van der Waals surface area contributed by atoms with Gasteiger partial charge in [0.2, 0.25) is 12.2 Å². The van der Waals surface area contributed by atoms with E-state index in [1.54, 1.807) is 12.5 Å². The molecule has 7 nitrogen and oxygen atoms in total. The van der Waals surface area contributed by atoms with Crippen molar-refractivity contribution in [3.8, 4) is 0 Å². The van der Waals surface area contributed by atoms with E-state index < -0.39 is 12.1 Å². The number of hydrogen-bond acceptors (Lipinski definition) is 5. The normalized spacial score (nSPS) is 13.8. The van der Waals surface area contributed by atoms with Gasteiger partial charge >= 0.3 is 0 Å². The number of nitrogens with zero attached hydrogens (tertiary/aromatic N) is 1. The number of amides is 1. The molecular weight excluding hydrogens is 246 g/mol. The van der Waals surface area contributed by atoms with E-state index in [2.05, 4.69) is 15.3 Å². The molecule has 105 valence electrons. The van der Waals surface area contributed by atoms with Crippen molar-refractivity contribution in [3.05, 3.63) is 18.2 Å². The number of carbonyl (C=O) groups excluding carboxylic acids is 2. The van der Waals surface area contributed by atoms with Gasteiger partial charge < -0.3 is 21.8 Å². The minimum Gasteiger partial charge on any atom is -0.351 e. The lowest BCUT2D eigenvalue weighted by Gasteiger charge is -2.15. The van der Waals surface area contributed by atoms with E-state index >= 15 is 0 Å². The van der Waals surface area contributed by atoms with Crippen LogP contribution in [0.15, 0.2) is 12.5 Å². The number of imidazole rings is 1. The first kappa shape index (κ1) is 15.3. The molecule has 1 aromatic heterocycles. The minimum absolute atomic E-state index is 0.300. The van der Waals surface area contributed by atoms with E-state index in [-0.39, 0.29) is 5.91 Å². The number of H-pyrrole nitrogens is 1. The molecule has 0 unspecified atom stereocenters. The molecule has 2 atom stereocenters. The average molecular weight is 266 g/mol. The molecule has 0 fully saturated rings. The average Bonchev–Trinajstić information content (AvgIpc) is 2.90. The molecule has 1 radical (unpaired) electrons. The Morgan fingerprint density at radius 2 is 2.32 bits per heavy atom. The summed E-state index contributed by atoms with van der Waals surface area (Å²) in [6.45, 7) is 0.582. The van der Waals surface area contributed by atoms with Gasteiger partial charge in [-0.3, -0.25) is 9.59 Å². The Morgan fingerprint density at radius 3 is 2.89 bits per heavy atom. The number of aromatic amines is 1. The Bertz CT molecular complexity index is 379. The minimum atomic E-state index is -0.726. The quantitative estimate of drug-likeness (QED) is 0.426. The van der Waals surface area contributed by atoms with Crippen LogP contribution in [0, 0.1) is 0 Å². The van der Waals surface area contributed by atoms with E-state index in [0.717, 1.165) is 12.8 Å². The molecule has 0 spiro atoms. The summed E-state index contributed by atoms with van der Waals surface area (Å²) in [5.74, 6) is -0.346. The van der Waals surface area contributed by atoms with Crippen molar-refractivity contribution in [2.45, 2.75) is 37.8 Å². The summed E-state index contributed by atoms with van der Waals surface area (Å²) < 4.78 is 0. The van der Waals surface area contributed by atoms with Crippen LogP contribution in [-0.4, -0.2) is 40.8 Å². The summed E-state index contributed by atoms with van der Waals surface area (Å²) in [7, 11) is 0. The lowest BCUT2D eigenvalue weighted by atomic mass is 10.1. The fourth-order valence-corrected chi connectivity index (χ4v) is 1.65. The van der Waals surface area contributed by atoms with Gasteiger partial charge in [0.15, 0.2) is 0 Å². The molecule has 1 rings (SSSR count). The third kappa shape index (κ3) is 5.62. The third-order valence-corrected chi connectivity index (χ3v) is 2.73. The van der Waals surface area contributed by atoms with Gasteiger partial charge in [-0.25, -0.2) is 4.98 Å². The fraction of sp³-hybridized carbons (Fsp3) is 0.583. The van der Waals surface area contributed by atoms with Crippen LogP contribution in [0.5, 0.6) is 0 Å². The van der Waals surface area contributed by atoms with Crippen LogP contribution in [0.4, 0.5) is 0 Å². The van der Waals surface area contributed by atoms with Crippen LogP contribution < -0.4 is 16.8 Å². The topological polar surface area (TPSA) is 127 Å². The predicted molar refractivity (Wildman–Crippen MR) is 70.8 cm³/mol. The number of rotatable bonds is 9.